The van der Waals surface area contributed by atoms with E-state index >= 15 is 0 Å². The molecule has 4 heteroatoms. The average Bonchev–Trinajstić information content (AvgIpc) is 2.92. The topological polar surface area (TPSA) is 39.1 Å². The van der Waals surface area contributed by atoms with Crippen LogP contribution in [-0.2, 0) is 10.0 Å². The van der Waals surface area contributed by atoms with E-state index in [2.05, 4.69) is 0 Å². The number of aromatic nitrogens is 1. The molecule has 3 nitrogen and oxygen atoms in total. The molecule has 4 aromatic rings. The fourth-order valence-electron chi connectivity index (χ4n) is 3.09. The first-order valence-corrected chi connectivity index (χ1v) is 8.84. The predicted octanol–water partition coefficient (Wildman–Crippen LogP) is 4.34. The second-order valence-corrected chi connectivity index (χ2v) is 7.36. The third-order valence-corrected chi connectivity index (χ3v) is 5.86. The fraction of sp³-hybridized carbons (Fsp3) is 0.0526. The van der Waals surface area contributed by atoms with Crippen LogP contribution in [0.4, 0.5) is 0 Å². The number of para-hydroxylation sites is 2. The van der Waals surface area contributed by atoms with Gasteiger partial charge in [0.15, 0.2) is 0 Å². The van der Waals surface area contributed by atoms with Crippen molar-refractivity contribution in [2.75, 3.05) is 0 Å². The Morgan fingerprint density at radius 2 is 1.39 bits per heavy atom. The molecular weight excluding hydrogens is 306 g/mol. The van der Waals surface area contributed by atoms with E-state index in [1.54, 1.807) is 24.3 Å². The number of hydrogen-bond donors (Lipinski definition) is 0. The highest BCUT2D eigenvalue weighted by atomic mass is 32.2. The van der Waals surface area contributed by atoms with Gasteiger partial charge in [0.25, 0.3) is 10.0 Å². The summed E-state index contributed by atoms with van der Waals surface area (Å²) >= 11 is 0. The summed E-state index contributed by atoms with van der Waals surface area (Å²) in [5, 5.41) is 1.91. The Morgan fingerprint density at radius 3 is 2.17 bits per heavy atom. The predicted molar refractivity (Wildman–Crippen MR) is 93.2 cm³/mol. The summed E-state index contributed by atoms with van der Waals surface area (Å²) < 4.78 is 28.0. The van der Waals surface area contributed by atoms with Crippen LogP contribution in [0.25, 0.3) is 21.8 Å². The van der Waals surface area contributed by atoms with Crippen LogP contribution in [-0.4, -0.2) is 12.4 Å². The van der Waals surface area contributed by atoms with Gasteiger partial charge in [-0.2, -0.15) is 0 Å². The lowest BCUT2D eigenvalue weighted by Crippen LogP contribution is -2.13. The molecular formula is C19H15NO2S. The highest BCUT2D eigenvalue weighted by molar-refractivity contribution is 7.90. The zero-order valence-electron chi connectivity index (χ0n) is 12.6. The van der Waals surface area contributed by atoms with E-state index in [0.717, 1.165) is 21.9 Å². The average molecular weight is 321 g/mol. The van der Waals surface area contributed by atoms with Crippen molar-refractivity contribution in [3.8, 4) is 0 Å². The standard InChI is InChI=1S/C19H15NO2S/c1-14-8-7-12-17-16-11-5-6-13-18(16)20(19(14)17)23(21,22)15-9-3-2-4-10-15/h2-13H,1H3. The van der Waals surface area contributed by atoms with E-state index in [9.17, 15) is 8.42 Å². The Bertz CT molecular complexity index is 1130. The number of hydrogen-bond acceptors (Lipinski definition) is 2. The van der Waals surface area contributed by atoms with Gasteiger partial charge in [-0.25, -0.2) is 12.4 Å². The van der Waals surface area contributed by atoms with Gasteiger partial charge in [0.2, 0.25) is 0 Å². The minimum Gasteiger partial charge on any atom is -0.233 e. The van der Waals surface area contributed by atoms with Crippen molar-refractivity contribution in [3.63, 3.8) is 0 Å². The normalized spacial score (nSPS) is 12.0. The summed E-state index contributed by atoms with van der Waals surface area (Å²) in [6.07, 6.45) is 0. The highest BCUT2D eigenvalue weighted by Gasteiger charge is 2.23. The van der Waals surface area contributed by atoms with Crippen LogP contribution < -0.4 is 0 Å². The van der Waals surface area contributed by atoms with Crippen LogP contribution >= 0.6 is 0 Å². The van der Waals surface area contributed by atoms with Gasteiger partial charge in [-0.05, 0) is 30.7 Å². The van der Waals surface area contributed by atoms with Gasteiger partial charge in [-0.15, -0.1) is 0 Å². The molecule has 0 unspecified atom stereocenters. The van der Waals surface area contributed by atoms with Gasteiger partial charge in [-0.3, -0.25) is 0 Å². The summed E-state index contributed by atoms with van der Waals surface area (Å²) in [5.74, 6) is 0. The smallest absolute Gasteiger partial charge is 0.233 e. The molecule has 0 N–H and O–H groups in total. The van der Waals surface area contributed by atoms with Gasteiger partial charge in [-0.1, -0.05) is 54.6 Å². The molecule has 0 radical (unpaired) electrons. The molecule has 1 aromatic heterocycles. The molecule has 0 fully saturated rings. The Balaban J connectivity index is 2.22. The Kier molecular flexibility index (Phi) is 3.03. The van der Waals surface area contributed by atoms with Gasteiger partial charge in [0.05, 0.1) is 15.9 Å². The van der Waals surface area contributed by atoms with Crippen molar-refractivity contribution in [1.82, 2.24) is 3.97 Å². The van der Waals surface area contributed by atoms with Crippen LogP contribution in [0.1, 0.15) is 5.56 Å². The SMILES string of the molecule is Cc1cccc2c3ccccc3n(S(=O)(=O)c3ccccc3)c12. The molecule has 0 amide bonds. The molecule has 1 heterocycles. The summed E-state index contributed by atoms with van der Waals surface area (Å²) in [6.45, 7) is 1.94. The van der Waals surface area contributed by atoms with Crippen molar-refractivity contribution in [2.45, 2.75) is 11.8 Å². The maximum Gasteiger partial charge on any atom is 0.268 e. The molecule has 0 spiro atoms. The largest absolute Gasteiger partial charge is 0.268 e. The first-order valence-electron chi connectivity index (χ1n) is 7.40. The number of benzene rings is 3. The summed E-state index contributed by atoms with van der Waals surface area (Å²) in [6, 6.07) is 22.1. The van der Waals surface area contributed by atoms with Gasteiger partial charge < -0.3 is 0 Å². The number of aryl methyl sites for hydroxylation is 1. The summed E-state index contributed by atoms with van der Waals surface area (Å²) in [4.78, 5) is 0.297. The fourth-order valence-corrected chi connectivity index (χ4v) is 4.71. The van der Waals surface area contributed by atoms with Crippen LogP contribution in [0.2, 0.25) is 0 Å². The Morgan fingerprint density at radius 1 is 0.739 bits per heavy atom. The van der Waals surface area contributed by atoms with Crippen molar-refractivity contribution < 1.29 is 8.42 Å². The minimum atomic E-state index is -3.65. The molecule has 23 heavy (non-hydrogen) atoms. The van der Waals surface area contributed by atoms with Crippen molar-refractivity contribution >= 4 is 31.8 Å². The minimum absolute atomic E-state index is 0.297. The van der Waals surface area contributed by atoms with E-state index < -0.39 is 10.0 Å². The molecule has 114 valence electrons. The second kappa shape index (κ2) is 4.96. The van der Waals surface area contributed by atoms with Crippen LogP contribution in [0, 0.1) is 6.92 Å². The first-order chi connectivity index (χ1) is 11.1. The van der Waals surface area contributed by atoms with Crippen LogP contribution in [0.3, 0.4) is 0 Å². The van der Waals surface area contributed by atoms with E-state index in [1.165, 1.54) is 3.97 Å². The third-order valence-electron chi connectivity index (χ3n) is 4.14. The van der Waals surface area contributed by atoms with E-state index in [4.69, 9.17) is 0 Å². The number of fused-ring (bicyclic) bond motifs is 3. The third kappa shape index (κ3) is 1.99. The maximum atomic E-state index is 13.2. The van der Waals surface area contributed by atoms with Gasteiger partial charge in [0, 0.05) is 10.8 Å². The lowest BCUT2D eigenvalue weighted by atomic mass is 10.1. The first kappa shape index (κ1) is 14.0. The lowest BCUT2D eigenvalue weighted by molar-refractivity contribution is 0.590. The van der Waals surface area contributed by atoms with Crippen molar-refractivity contribution in [3.05, 3.63) is 78.4 Å². The van der Waals surface area contributed by atoms with Crippen molar-refractivity contribution in [2.24, 2.45) is 0 Å². The van der Waals surface area contributed by atoms with E-state index in [1.807, 2.05) is 55.5 Å². The van der Waals surface area contributed by atoms with Crippen LogP contribution in [0.15, 0.2) is 77.7 Å². The van der Waals surface area contributed by atoms with Crippen molar-refractivity contribution in [1.29, 1.82) is 0 Å². The summed E-state index contributed by atoms with van der Waals surface area (Å²) in [5.41, 5.74) is 2.40. The maximum absolute atomic E-state index is 13.2. The molecule has 3 aromatic carbocycles. The molecule has 0 aliphatic heterocycles. The van der Waals surface area contributed by atoms with Gasteiger partial charge in [0.1, 0.15) is 0 Å². The lowest BCUT2D eigenvalue weighted by Gasteiger charge is -2.10. The molecule has 0 atom stereocenters. The molecule has 0 aliphatic rings. The molecule has 4 rings (SSSR count). The zero-order valence-corrected chi connectivity index (χ0v) is 13.4. The second-order valence-electron chi connectivity index (χ2n) is 5.57. The summed E-state index contributed by atoms with van der Waals surface area (Å²) in [7, 11) is -3.65. The number of nitrogens with zero attached hydrogens (tertiary/aromatic N) is 1. The Labute approximate surface area is 134 Å². The van der Waals surface area contributed by atoms with Gasteiger partial charge >= 0.3 is 0 Å². The Hall–Kier alpha value is -2.59. The molecule has 0 bridgehead atoms. The molecule has 0 saturated heterocycles. The molecule has 0 saturated carbocycles. The van der Waals surface area contributed by atoms with Crippen LogP contribution in [0.5, 0.6) is 0 Å². The van der Waals surface area contributed by atoms with E-state index in [0.29, 0.717) is 10.4 Å². The quantitative estimate of drug-likeness (QED) is 0.551. The zero-order chi connectivity index (χ0) is 16.0. The number of rotatable bonds is 2. The monoisotopic (exact) mass is 321 g/mol. The molecule has 0 aliphatic carbocycles. The highest BCUT2D eigenvalue weighted by Crippen LogP contribution is 2.33. The van der Waals surface area contributed by atoms with E-state index in [-0.39, 0.29) is 0 Å².